The normalized spacial score (nSPS) is 10.6. The van der Waals surface area contributed by atoms with Crippen molar-refractivity contribution in [3.63, 3.8) is 0 Å². The highest BCUT2D eigenvalue weighted by Crippen LogP contribution is 2.36. The van der Waals surface area contributed by atoms with Crippen molar-refractivity contribution in [1.82, 2.24) is 19.9 Å². The van der Waals surface area contributed by atoms with Gasteiger partial charge in [0.25, 0.3) is 0 Å². The van der Waals surface area contributed by atoms with Gasteiger partial charge in [-0.05, 0) is 47.2 Å². The molecule has 0 unspecified atom stereocenters. The van der Waals surface area contributed by atoms with E-state index in [1.54, 1.807) is 36.9 Å². The molecule has 2 aromatic carbocycles. The van der Waals surface area contributed by atoms with E-state index in [1.165, 1.54) is 0 Å². The van der Waals surface area contributed by atoms with Gasteiger partial charge in [-0.25, -0.2) is 14.8 Å². The predicted molar refractivity (Wildman–Crippen MR) is 148 cm³/mol. The van der Waals surface area contributed by atoms with E-state index >= 15 is 0 Å². The van der Waals surface area contributed by atoms with Crippen molar-refractivity contribution >= 4 is 16.5 Å². The first-order valence-electron chi connectivity index (χ1n) is 11.9. The third-order valence-corrected chi connectivity index (χ3v) is 6.29. The Balaban J connectivity index is 1.46. The maximum absolute atomic E-state index is 9.25. The van der Waals surface area contributed by atoms with E-state index in [-0.39, 0.29) is 0 Å². The first kappa shape index (κ1) is 22.7. The van der Waals surface area contributed by atoms with Crippen LogP contribution in [0, 0.1) is 17.9 Å². The fourth-order valence-corrected chi connectivity index (χ4v) is 4.51. The van der Waals surface area contributed by atoms with Gasteiger partial charge in [0.15, 0.2) is 0 Å². The molecule has 0 N–H and O–H groups in total. The van der Waals surface area contributed by atoms with Crippen LogP contribution in [-0.2, 0) is 0 Å². The molecule has 0 radical (unpaired) electrons. The number of rotatable bonds is 4. The molecule has 176 valence electrons. The van der Waals surface area contributed by atoms with Crippen LogP contribution in [0.2, 0.25) is 0 Å². The third kappa shape index (κ3) is 4.24. The first-order chi connectivity index (χ1) is 18.7. The molecule has 6 nitrogen and oxygen atoms in total. The number of hydrogen-bond donors (Lipinski definition) is 0. The summed E-state index contributed by atoms with van der Waals surface area (Å²) in [4.78, 5) is 21.7. The molecule has 6 aromatic rings. The van der Waals surface area contributed by atoms with E-state index in [2.05, 4.69) is 45.1 Å². The highest BCUT2D eigenvalue weighted by molar-refractivity contribution is 6.04. The zero-order valence-corrected chi connectivity index (χ0v) is 20.1. The number of aromatic nitrogens is 4. The van der Waals surface area contributed by atoms with Crippen LogP contribution in [0.5, 0.6) is 0 Å². The molecule has 0 amide bonds. The lowest BCUT2D eigenvalue weighted by Gasteiger charge is -2.13. The van der Waals surface area contributed by atoms with E-state index in [1.807, 2.05) is 48.5 Å². The number of benzene rings is 2. The Bertz CT molecular complexity index is 1770. The highest BCUT2D eigenvalue weighted by Gasteiger charge is 2.13. The average Bonchev–Trinajstić information content (AvgIpc) is 3.00. The lowest BCUT2D eigenvalue weighted by Crippen LogP contribution is -1.93. The van der Waals surface area contributed by atoms with Gasteiger partial charge >= 0.3 is 0 Å². The van der Waals surface area contributed by atoms with Crippen molar-refractivity contribution in [2.75, 3.05) is 0 Å². The third-order valence-electron chi connectivity index (χ3n) is 6.29. The van der Waals surface area contributed by atoms with Crippen molar-refractivity contribution in [3.05, 3.63) is 127 Å². The second-order valence-electron chi connectivity index (χ2n) is 8.64. The van der Waals surface area contributed by atoms with Gasteiger partial charge in [-0.2, -0.15) is 5.26 Å². The summed E-state index contributed by atoms with van der Waals surface area (Å²) in [6.07, 6.45) is 6.53. The Morgan fingerprint density at radius 2 is 1.16 bits per heavy atom. The van der Waals surface area contributed by atoms with Crippen molar-refractivity contribution in [3.8, 4) is 51.1 Å². The van der Waals surface area contributed by atoms with Gasteiger partial charge in [0.05, 0.1) is 34.9 Å². The molecule has 0 aliphatic rings. The Kier molecular flexibility index (Phi) is 5.82. The number of nitrogens with zero attached hydrogens (tertiary/aromatic N) is 6. The molecule has 0 aliphatic heterocycles. The van der Waals surface area contributed by atoms with Crippen LogP contribution in [0.1, 0.15) is 5.56 Å². The van der Waals surface area contributed by atoms with Crippen LogP contribution in [0.3, 0.4) is 0 Å². The molecule has 6 heteroatoms. The molecule has 6 rings (SSSR count). The van der Waals surface area contributed by atoms with Crippen molar-refractivity contribution in [1.29, 1.82) is 5.26 Å². The molecule has 38 heavy (non-hydrogen) atoms. The minimum Gasteiger partial charge on any atom is -0.276 e. The highest BCUT2D eigenvalue weighted by atomic mass is 14.8. The van der Waals surface area contributed by atoms with Crippen LogP contribution >= 0.6 is 0 Å². The smallest absolute Gasteiger partial charge is 0.205 e. The monoisotopic (exact) mass is 486 g/mol. The van der Waals surface area contributed by atoms with Gasteiger partial charge < -0.3 is 0 Å². The van der Waals surface area contributed by atoms with Gasteiger partial charge in [0, 0.05) is 47.0 Å². The standard InChI is InChI=1S/C32H18N6/c1-34-24-15-23(19-36-20-24)30-9-5-11-32(38-30)28-13-12-27(25-6-2-3-7-26(25)28)31-10-4-8-29(37-31)22-14-21(16-33)17-35-18-22/h2-15,17-20H. The molecule has 0 atom stereocenters. The summed E-state index contributed by atoms with van der Waals surface area (Å²) in [5.74, 6) is 0. The maximum Gasteiger partial charge on any atom is 0.205 e. The van der Waals surface area contributed by atoms with Gasteiger partial charge in [-0.1, -0.05) is 48.5 Å². The summed E-state index contributed by atoms with van der Waals surface area (Å²) in [6.45, 7) is 7.28. The van der Waals surface area contributed by atoms with Crippen molar-refractivity contribution < 1.29 is 0 Å². The fourth-order valence-electron chi connectivity index (χ4n) is 4.51. The van der Waals surface area contributed by atoms with Crippen molar-refractivity contribution in [2.45, 2.75) is 0 Å². The van der Waals surface area contributed by atoms with Gasteiger partial charge in [0.2, 0.25) is 5.69 Å². The Hall–Kier alpha value is -5.72. The lowest BCUT2D eigenvalue weighted by molar-refractivity contribution is 1.27. The molecule has 0 saturated heterocycles. The van der Waals surface area contributed by atoms with Crippen LogP contribution in [-0.4, -0.2) is 19.9 Å². The van der Waals surface area contributed by atoms with Crippen LogP contribution in [0.4, 0.5) is 5.69 Å². The molecule has 0 saturated carbocycles. The van der Waals surface area contributed by atoms with Crippen LogP contribution in [0.25, 0.3) is 60.6 Å². The zero-order chi connectivity index (χ0) is 25.9. The Morgan fingerprint density at radius 3 is 1.74 bits per heavy atom. The molecule has 0 aliphatic carbocycles. The van der Waals surface area contributed by atoms with E-state index in [0.29, 0.717) is 11.3 Å². The quantitative estimate of drug-likeness (QED) is 0.241. The topological polar surface area (TPSA) is 79.7 Å². The fraction of sp³-hybridized carbons (Fsp3) is 0. The summed E-state index contributed by atoms with van der Waals surface area (Å²) >= 11 is 0. The zero-order valence-electron chi connectivity index (χ0n) is 20.1. The van der Waals surface area contributed by atoms with Crippen LogP contribution < -0.4 is 0 Å². The largest absolute Gasteiger partial charge is 0.276 e. The minimum absolute atomic E-state index is 0.481. The molecule has 4 aromatic heterocycles. The lowest BCUT2D eigenvalue weighted by atomic mass is 9.95. The summed E-state index contributed by atoms with van der Waals surface area (Å²) in [5, 5.41) is 11.4. The maximum atomic E-state index is 9.25. The van der Waals surface area contributed by atoms with E-state index < -0.39 is 0 Å². The second kappa shape index (κ2) is 9.73. The number of nitriles is 1. The summed E-state index contributed by atoms with van der Waals surface area (Å²) in [6, 6.07) is 29.9. The molecular formula is C32H18N6. The average molecular weight is 487 g/mol. The van der Waals surface area contributed by atoms with Gasteiger partial charge in [0.1, 0.15) is 6.07 Å². The Labute approximate surface area is 219 Å². The SMILES string of the molecule is [C-]#[N+]c1cncc(-c2cccc(-c3ccc(-c4cccc(-c5cncc(C#N)c5)n4)c4ccccc34)n2)c1. The number of hydrogen-bond acceptors (Lipinski definition) is 5. The summed E-state index contributed by atoms with van der Waals surface area (Å²) < 4.78 is 0. The number of pyridine rings is 4. The molecule has 0 fully saturated rings. The molecule has 4 heterocycles. The predicted octanol–water partition coefficient (Wildman–Crippen LogP) is 7.51. The summed E-state index contributed by atoms with van der Waals surface area (Å²) in [7, 11) is 0. The molecule has 0 spiro atoms. The van der Waals surface area contributed by atoms with Gasteiger partial charge in [-0.15, -0.1) is 0 Å². The van der Waals surface area contributed by atoms with E-state index in [0.717, 1.165) is 55.8 Å². The molecule has 0 bridgehead atoms. The van der Waals surface area contributed by atoms with E-state index in [9.17, 15) is 5.26 Å². The second-order valence-corrected chi connectivity index (χ2v) is 8.64. The van der Waals surface area contributed by atoms with Crippen LogP contribution in [0.15, 0.2) is 110 Å². The number of fused-ring (bicyclic) bond motifs is 1. The minimum atomic E-state index is 0.481. The Morgan fingerprint density at radius 1 is 0.605 bits per heavy atom. The van der Waals surface area contributed by atoms with Gasteiger partial charge in [-0.3, -0.25) is 9.97 Å². The van der Waals surface area contributed by atoms with Crippen molar-refractivity contribution in [2.24, 2.45) is 0 Å². The first-order valence-corrected chi connectivity index (χ1v) is 11.9. The van der Waals surface area contributed by atoms with E-state index in [4.69, 9.17) is 16.5 Å². The summed E-state index contributed by atoms with van der Waals surface area (Å²) in [5.41, 5.74) is 7.76. The molecular weight excluding hydrogens is 468 g/mol.